The van der Waals surface area contributed by atoms with E-state index in [2.05, 4.69) is 25.7 Å². The van der Waals surface area contributed by atoms with Gasteiger partial charge in [-0.25, -0.2) is 12.7 Å². The summed E-state index contributed by atoms with van der Waals surface area (Å²) in [6, 6.07) is 0.138. The minimum atomic E-state index is -3.05. The zero-order chi connectivity index (χ0) is 11.9. The van der Waals surface area contributed by atoms with Crippen LogP contribution >= 0.6 is 0 Å². The minimum absolute atomic E-state index is 0.132. The third-order valence-corrected chi connectivity index (χ3v) is 4.49. The monoisotopic (exact) mass is 234 g/mol. The van der Waals surface area contributed by atoms with Crippen molar-refractivity contribution in [2.75, 3.05) is 26.4 Å². The van der Waals surface area contributed by atoms with Crippen LogP contribution in [0.3, 0.4) is 0 Å². The Bertz CT molecular complexity index is 319. The first-order chi connectivity index (χ1) is 6.62. The average Bonchev–Trinajstić information content (AvgIpc) is 2.47. The summed E-state index contributed by atoms with van der Waals surface area (Å²) in [5.74, 6) is 0. The molecule has 0 aromatic heterocycles. The maximum absolute atomic E-state index is 11.4. The first-order valence-corrected chi connectivity index (χ1v) is 7.15. The largest absolute Gasteiger partial charge is 0.297 e. The Balaban J connectivity index is 2.65. The number of hydrogen-bond acceptors (Lipinski definition) is 3. The van der Waals surface area contributed by atoms with E-state index in [1.165, 1.54) is 10.6 Å². The number of hydrogen-bond donors (Lipinski definition) is 0. The van der Waals surface area contributed by atoms with Crippen LogP contribution < -0.4 is 0 Å². The molecule has 1 saturated heterocycles. The highest BCUT2D eigenvalue weighted by Gasteiger charge is 2.34. The summed E-state index contributed by atoms with van der Waals surface area (Å²) in [6.07, 6.45) is 2.20. The van der Waals surface area contributed by atoms with Crippen LogP contribution in [0.2, 0.25) is 0 Å². The molecular weight excluding hydrogens is 212 g/mol. The molecule has 5 heteroatoms. The lowest BCUT2D eigenvalue weighted by Crippen LogP contribution is -2.43. The lowest BCUT2D eigenvalue weighted by molar-refractivity contribution is 0.165. The number of likely N-dealkylation sites (N-methyl/N-ethyl adjacent to an activating group) is 1. The molecule has 0 saturated carbocycles. The zero-order valence-electron chi connectivity index (χ0n) is 10.3. The summed E-state index contributed by atoms with van der Waals surface area (Å²) in [4.78, 5) is 2.33. The van der Waals surface area contributed by atoms with Crippen molar-refractivity contribution in [3.05, 3.63) is 0 Å². The van der Waals surface area contributed by atoms with Crippen LogP contribution in [0.25, 0.3) is 0 Å². The van der Waals surface area contributed by atoms with Crippen molar-refractivity contribution in [2.45, 2.75) is 38.8 Å². The van der Waals surface area contributed by atoms with Crippen LogP contribution in [-0.4, -0.2) is 55.6 Å². The number of nitrogens with zero attached hydrogens (tertiary/aromatic N) is 2. The van der Waals surface area contributed by atoms with Gasteiger partial charge in [-0.1, -0.05) is 0 Å². The third kappa shape index (κ3) is 3.16. The van der Waals surface area contributed by atoms with Gasteiger partial charge in [-0.15, -0.1) is 0 Å². The van der Waals surface area contributed by atoms with E-state index in [0.29, 0.717) is 0 Å². The molecule has 1 fully saturated rings. The van der Waals surface area contributed by atoms with Gasteiger partial charge in [0.2, 0.25) is 10.0 Å². The maximum Gasteiger partial charge on any atom is 0.211 e. The van der Waals surface area contributed by atoms with Gasteiger partial charge < -0.3 is 0 Å². The Morgan fingerprint density at radius 1 is 1.33 bits per heavy atom. The highest BCUT2D eigenvalue weighted by atomic mass is 32.2. The van der Waals surface area contributed by atoms with E-state index in [9.17, 15) is 8.42 Å². The number of likely N-dealkylation sites (tertiary alicyclic amines) is 1. The summed E-state index contributed by atoms with van der Waals surface area (Å²) >= 11 is 0. The van der Waals surface area contributed by atoms with E-state index in [1.54, 1.807) is 7.05 Å². The van der Waals surface area contributed by atoms with Crippen LogP contribution in [0.5, 0.6) is 0 Å². The molecule has 4 nitrogen and oxygen atoms in total. The minimum Gasteiger partial charge on any atom is -0.297 e. The van der Waals surface area contributed by atoms with Crippen LogP contribution in [0.4, 0.5) is 0 Å². The van der Waals surface area contributed by atoms with Crippen molar-refractivity contribution < 1.29 is 8.42 Å². The van der Waals surface area contributed by atoms with E-state index in [-0.39, 0.29) is 11.6 Å². The molecule has 0 amide bonds. The van der Waals surface area contributed by atoms with Crippen molar-refractivity contribution in [3.63, 3.8) is 0 Å². The lowest BCUT2D eigenvalue weighted by Gasteiger charge is -2.32. The van der Waals surface area contributed by atoms with Crippen LogP contribution in [0, 0.1) is 0 Å². The second-order valence-electron chi connectivity index (χ2n) is 5.34. The molecule has 0 radical (unpaired) electrons. The predicted octanol–water partition coefficient (Wildman–Crippen LogP) is 0.751. The normalized spacial score (nSPS) is 25.1. The molecule has 0 aromatic rings. The second-order valence-corrected chi connectivity index (χ2v) is 7.38. The second kappa shape index (κ2) is 4.03. The zero-order valence-corrected chi connectivity index (χ0v) is 11.1. The Kier molecular flexibility index (Phi) is 3.48. The molecule has 0 aliphatic carbocycles. The molecule has 1 heterocycles. The van der Waals surface area contributed by atoms with E-state index >= 15 is 0 Å². The van der Waals surface area contributed by atoms with Gasteiger partial charge in [-0.05, 0) is 27.2 Å². The standard InChI is InChI=1S/C10H22N2O2S/c1-10(2,3)12-7-6-9(8-12)11(4)15(5,13)14/h9H,6-8H2,1-5H3/t9-/m1/s1. The Morgan fingerprint density at radius 2 is 1.87 bits per heavy atom. The van der Waals surface area contributed by atoms with Crippen LogP contribution in [-0.2, 0) is 10.0 Å². The van der Waals surface area contributed by atoms with Gasteiger partial charge in [-0.2, -0.15) is 0 Å². The SMILES string of the molecule is CN([C@@H]1CCN(C(C)(C)C)C1)S(C)(=O)=O. The molecule has 1 aliphatic rings. The van der Waals surface area contributed by atoms with Gasteiger partial charge in [0.25, 0.3) is 0 Å². The van der Waals surface area contributed by atoms with Crippen LogP contribution in [0.15, 0.2) is 0 Å². The lowest BCUT2D eigenvalue weighted by atomic mass is 10.1. The summed E-state index contributed by atoms with van der Waals surface area (Å²) in [5, 5.41) is 0. The first-order valence-electron chi connectivity index (χ1n) is 5.30. The fraction of sp³-hybridized carbons (Fsp3) is 1.00. The molecule has 0 spiro atoms. The number of rotatable bonds is 2. The van der Waals surface area contributed by atoms with Gasteiger partial charge in [-0.3, -0.25) is 4.90 Å². The highest BCUT2D eigenvalue weighted by Crippen LogP contribution is 2.23. The summed E-state index contributed by atoms with van der Waals surface area (Å²) < 4.78 is 24.3. The fourth-order valence-corrected chi connectivity index (χ4v) is 2.63. The maximum atomic E-state index is 11.4. The van der Waals surface area contributed by atoms with Gasteiger partial charge in [0, 0.05) is 31.7 Å². The molecule has 0 unspecified atom stereocenters. The van der Waals surface area contributed by atoms with Crippen LogP contribution in [0.1, 0.15) is 27.2 Å². The molecule has 90 valence electrons. The van der Waals surface area contributed by atoms with E-state index in [1.807, 2.05) is 0 Å². The van der Waals surface area contributed by atoms with E-state index in [4.69, 9.17) is 0 Å². The van der Waals surface area contributed by atoms with Crippen molar-refractivity contribution in [1.82, 2.24) is 9.21 Å². The molecule has 1 aliphatic heterocycles. The molecule has 0 bridgehead atoms. The summed E-state index contributed by atoms with van der Waals surface area (Å²) in [6.45, 7) is 8.31. The van der Waals surface area contributed by atoms with Crippen molar-refractivity contribution in [1.29, 1.82) is 0 Å². The number of sulfonamides is 1. The third-order valence-electron chi connectivity index (χ3n) is 3.15. The Labute approximate surface area is 93.3 Å². The van der Waals surface area contributed by atoms with Gasteiger partial charge in [0.15, 0.2) is 0 Å². The van der Waals surface area contributed by atoms with Crippen molar-refractivity contribution in [3.8, 4) is 0 Å². The topological polar surface area (TPSA) is 40.6 Å². The molecule has 1 atom stereocenters. The fourth-order valence-electron chi connectivity index (χ4n) is 1.92. The smallest absolute Gasteiger partial charge is 0.211 e. The average molecular weight is 234 g/mol. The molecule has 15 heavy (non-hydrogen) atoms. The van der Waals surface area contributed by atoms with Crippen molar-refractivity contribution >= 4 is 10.0 Å². The van der Waals surface area contributed by atoms with Gasteiger partial charge >= 0.3 is 0 Å². The molecule has 0 aromatic carbocycles. The van der Waals surface area contributed by atoms with Crippen molar-refractivity contribution in [2.24, 2.45) is 0 Å². The summed E-state index contributed by atoms with van der Waals surface area (Å²) in [7, 11) is -1.38. The molecule has 1 rings (SSSR count). The predicted molar refractivity (Wildman–Crippen MR) is 62.3 cm³/mol. The van der Waals surface area contributed by atoms with E-state index in [0.717, 1.165) is 19.5 Å². The van der Waals surface area contributed by atoms with E-state index < -0.39 is 10.0 Å². The van der Waals surface area contributed by atoms with Gasteiger partial charge in [0.05, 0.1) is 6.26 Å². The molecular formula is C10H22N2O2S. The Hall–Kier alpha value is -0.130. The molecule has 0 N–H and O–H groups in total. The first kappa shape index (κ1) is 12.9. The Morgan fingerprint density at radius 3 is 2.20 bits per heavy atom. The summed E-state index contributed by atoms with van der Waals surface area (Å²) in [5.41, 5.74) is 0.132. The quantitative estimate of drug-likeness (QED) is 0.708. The highest BCUT2D eigenvalue weighted by molar-refractivity contribution is 7.88. The van der Waals surface area contributed by atoms with Gasteiger partial charge in [0.1, 0.15) is 0 Å².